The topological polar surface area (TPSA) is 69.6 Å². The number of carbonyl (C=O) groups is 2. The van der Waals surface area contributed by atoms with Crippen molar-refractivity contribution in [2.75, 3.05) is 6.54 Å². The second kappa shape index (κ2) is 6.38. The molecule has 2 amide bonds. The molecule has 1 aromatic carbocycles. The predicted octanol–water partition coefficient (Wildman–Crippen LogP) is 2.83. The van der Waals surface area contributed by atoms with Gasteiger partial charge in [-0.05, 0) is 39.2 Å². The lowest BCUT2D eigenvalue weighted by molar-refractivity contribution is -0.127. The minimum Gasteiger partial charge on any atom is -0.465 e. The maximum atomic E-state index is 12.4. The van der Waals surface area contributed by atoms with Gasteiger partial charge in [-0.25, -0.2) is 4.79 Å². The molecule has 1 saturated heterocycles. The van der Waals surface area contributed by atoms with Crippen molar-refractivity contribution in [3.8, 4) is 0 Å². The molecule has 1 heterocycles. The standard InChI is InChI=1S/C17H24N2O3/c1-17(2,3)19(16(21)22)14-10-9-13(11-18-15(14)20)12-7-5-4-6-8-12/h4-8,13-14H,9-11H2,1-3H3,(H,18,20)(H,21,22). The lowest BCUT2D eigenvalue weighted by atomic mass is 9.92. The van der Waals surface area contributed by atoms with Crippen LogP contribution in [0.15, 0.2) is 30.3 Å². The highest BCUT2D eigenvalue weighted by Crippen LogP contribution is 2.28. The number of nitrogens with one attached hydrogen (secondary N) is 1. The highest BCUT2D eigenvalue weighted by molar-refractivity contribution is 5.86. The number of benzene rings is 1. The Kier molecular flexibility index (Phi) is 4.74. The number of hydrogen-bond donors (Lipinski definition) is 2. The van der Waals surface area contributed by atoms with Crippen LogP contribution in [0.4, 0.5) is 4.79 Å². The summed E-state index contributed by atoms with van der Waals surface area (Å²) in [4.78, 5) is 25.2. The van der Waals surface area contributed by atoms with Gasteiger partial charge in [-0.15, -0.1) is 0 Å². The minimum atomic E-state index is -1.05. The van der Waals surface area contributed by atoms with Crippen molar-refractivity contribution in [2.24, 2.45) is 0 Å². The van der Waals surface area contributed by atoms with Crippen molar-refractivity contribution < 1.29 is 14.7 Å². The molecular weight excluding hydrogens is 280 g/mol. The van der Waals surface area contributed by atoms with Crippen molar-refractivity contribution >= 4 is 12.0 Å². The van der Waals surface area contributed by atoms with Crippen molar-refractivity contribution in [1.29, 1.82) is 0 Å². The summed E-state index contributed by atoms with van der Waals surface area (Å²) in [6.45, 7) is 5.99. The average molecular weight is 304 g/mol. The van der Waals surface area contributed by atoms with Crippen LogP contribution in [0.3, 0.4) is 0 Å². The molecule has 120 valence electrons. The largest absolute Gasteiger partial charge is 0.465 e. The first-order chi connectivity index (χ1) is 10.3. The van der Waals surface area contributed by atoms with Gasteiger partial charge in [-0.1, -0.05) is 30.3 Å². The predicted molar refractivity (Wildman–Crippen MR) is 84.8 cm³/mol. The van der Waals surface area contributed by atoms with Gasteiger partial charge in [0, 0.05) is 18.0 Å². The first-order valence-electron chi connectivity index (χ1n) is 7.65. The second-order valence-corrected chi connectivity index (χ2v) is 6.77. The Bertz CT molecular complexity index is 537. The van der Waals surface area contributed by atoms with Gasteiger partial charge in [0.1, 0.15) is 6.04 Å². The molecule has 0 saturated carbocycles. The molecule has 0 aromatic heterocycles. The van der Waals surface area contributed by atoms with Crippen molar-refractivity contribution in [2.45, 2.75) is 51.1 Å². The lowest BCUT2D eigenvalue weighted by Gasteiger charge is -2.38. The van der Waals surface area contributed by atoms with Crippen LogP contribution in [0.5, 0.6) is 0 Å². The van der Waals surface area contributed by atoms with E-state index in [1.807, 2.05) is 39.0 Å². The van der Waals surface area contributed by atoms with Crippen molar-refractivity contribution in [3.05, 3.63) is 35.9 Å². The Balaban J connectivity index is 2.19. The van der Waals surface area contributed by atoms with Crippen molar-refractivity contribution in [3.63, 3.8) is 0 Å². The van der Waals surface area contributed by atoms with Gasteiger partial charge in [0.05, 0.1) is 0 Å². The number of carboxylic acid groups (broad SMARTS) is 1. The molecule has 0 spiro atoms. The smallest absolute Gasteiger partial charge is 0.408 e. The van der Waals surface area contributed by atoms with E-state index in [0.29, 0.717) is 13.0 Å². The van der Waals surface area contributed by atoms with E-state index in [0.717, 1.165) is 6.42 Å². The molecule has 1 aliphatic rings. The third kappa shape index (κ3) is 3.59. The zero-order valence-corrected chi connectivity index (χ0v) is 13.4. The SMILES string of the molecule is CC(C)(C)N(C(=O)O)C1CCC(c2ccccc2)CNC1=O. The number of hydrogen-bond acceptors (Lipinski definition) is 2. The monoisotopic (exact) mass is 304 g/mol. The van der Waals surface area contributed by atoms with E-state index in [1.54, 1.807) is 0 Å². The first-order valence-corrected chi connectivity index (χ1v) is 7.65. The van der Waals surface area contributed by atoms with Gasteiger partial charge in [-0.2, -0.15) is 0 Å². The van der Waals surface area contributed by atoms with E-state index >= 15 is 0 Å². The van der Waals surface area contributed by atoms with E-state index in [9.17, 15) is 14.7 Å². The van der Waals surface area contributed by atoms with Crippen molar-refractivity contribution in [1.82, 2.24) is 10.2 Å². The Morgan fingerprint density at radius 2 is 1.86 bits per heavy atom. The van der Waals surface area contributed by atoms with Crippen LogP contribution < -0.4 is 5.32 Å². The Morgan fingerprint density at radius 3 is 2.41 bits per heavy atom. The normalized spacial score (nSPS) is 22.6. The molecule has 2 unspecified atom stereocenters. The van der Waals surface area contributed by atoms with Gasteiger partial charge in [-0.3, -0.25) is 9.69 Å². The number of nitrogens with zero attached hydrogens (tertiary/aromatic N) is 1. The Hall–Kier alpha value is -2.04. The second-order valence-electron chi connectivity index (χ2n) is 6.77. The van der Waals surface area contributed by atoms with Gasteiger partial charge in [0.15, 0.2) is 0 Å². The third-order valence-corrected chi connectivity index (χ3v) is 4.13. The van der Waals surface area contributed by atoms with E-state index < -0.39 is 17.7 Å². The molecule has 22 heavy (non-hydrogen) atoms. The van der Waals surface area contributed by atoms with E-state index in [-0.39, 0.29) is 11.8 Å². The van der Waals surface area contributed by atoms with Gasteiger partial charge < -0.3 is 10.4 Å². The van der Waals surface area contributed by atoms with Crippen LogP contribution in [0, 0.1) is 0 Å². The molecule has 5 heteroatoms. The summed E-state index contributed by atoms with van der Waals surface area (Å²) in [7, 11) is 0. The molecule has 2 atom stereocenters. The highest BCUT2D eigenvalue weighted by atomic mass is 16.4. The van der Waals surface area contributed by atoms with E-state index in [2.05, 4.69) is 17.4 Å². The van der Waals surface area contributed by atoms with Gasteiger partial charge in [0.25, 0.3) is 0 Å². The summed E-state index contributed by atoms with van der Waals surface area (Å²) in [5, 5.41) is 12.4. The summed E-state index contributed by atoms with van der Waals surface area (Å²) in [5.74, 6) is 0.0292. The van der Waals surface area contributed by atoms with E-state index in [4.69, 9.17) is 0 Å². The maximum Gasteiger partial charge on any atom is 0.408 e. The minimum absolute atomic E-state index is 0.198. The van der Waals surface area contributed by atoms with Gasteiger partial charge >= 0.3 is 6.09 Å². The molecule has 5 nitrogen and oxygen atoms in total. The summed E-state index contributed by atoms with van der Waals surface area (Å²) in [6, 6.07) is 9.40. The Labute approximate surface area is 131 Å². The number of carbonyl (C=O) groups excluding carboxylic acids is 1. The summed E-state index contributed by atoms with van der Waals surface area (Å²) in [6.07, 6.45) is 0.271. The summed E-state index contributed by atoms with van der Waals surface area (Å²) < 4.78 is 0. The average Bonchev–Trinajstić information content (AvgIpc) is 2.61. The summed E-state index contributed by atoms with van der Waals surface area (Å²) >= 11 is 0. The molecule has 0 bridgehead atoms. The van der Waals surface area contributed by atoms with Crippen LogP contribution in [-0.4, -0.2) is 40.1 Å². The fraction of sp³-hybridized carbons (Fsp3) is 0.529. The van der Waals surface area contributed by atoms with Crippen LogP contribution in [0.1, 0.15) is 45.1 Å². The number of rotatable bonds is 2. The van der Waals surface area contributed by atoms with Gasteiger partial charge in [0.2, 0.25) is 5.91 Å². The third-order valence-electron chi connectivity index (χ3n) is 4.13. The summed E-state index contributed by atoms with van der Waals surface area (Å²) in [5.41, 5.74) is 0.571. The first kappa shape index (κ1) is 16.3. The fourth-order valence-electron chi connectivity index (χ4n) is 3.08. The molecule has 1 aromatic rings. The zero-order valence-electron chi connectivity index (χ0n) is 13.4. The number of amides is 2. The lowest BCUT2D eigenvalue weighted by Crippen LogP contribution is -2.56. The van der Waals surface area contributed by atoms with Crippen LogP contribution in [0.2, 0.25) is 0 Å². The molecule has 2 N–H and O–H groups in total. The molecule has 1 aliphatic heterocycles. The fourth-order valence-corrected chi connectivity index (χ4v) is 3.08. The Morgan fingerprint density at radius 1 is 1.23 bits per heavy atom. The molecule has 0 radical (unpaired) electrons. The maximum absolute atomic E-state index is 12.4. The molecular formula is C17H24N2O3. The van der Waals surface area contributed by atoms with E-state index in [1.165, 1.54) is 10.5 Å². The highest BCUT2D eigenvalue weighted by Gasteiger charge is 2.39. The van der Waals surface area contributed by atoms with Crippen LogP contribution in [0.25, 0.3) is 0 Å². The van der Waals surface area contributed by atoms with Crippen LogP contribution in [-0.2, 0) is 4.79 Å². The molecule has 1 fully saturated rings. The quantitative estimate of drug-likeness (QED) is 0.882. The molecule has 2 rings (SSSR count). The van der Waals surface area contributed by atoms with Crippen LogP contribution >= 0.6 is 0 Å². The molecule has 0 aliphatic carbocycles. The zero-order chi connectivity index (χ0) is 16.3.